The number of fused-ring (bicyclic) bond motifs is 1. The number of carbonyl (C=O) groups is 1. The van der Waals surface area contributed by atoms with E-state index in [2.05, 4.69) is 10.3 Å². The molecular formula is C24H20FN3O4S. The van der Waals surface area contributed by atoms with E-state index < -0.39 is 27.8 Å². The minimum atomic E-state index is -3.93. The van der Waals surface area contributed by atoms with Crippen LogP contribution in [-0.2, 0) is 14.8 Å². The molecule has 9 heteroatoms. The molecule has 33 heavy (non-hydrogen) atoms. The molecule has 1 fully saturated rings. The normalized spacial score (nSPS) is 16.8. The number of anilines is 1. The van der Waals surface area contributed by atoms with Crippen molar-refractivity contribution < 1.29 is 22.0 Å². The van der Waals surface area contributed by atoms with Gasteiger partial charge in [0.15, 0.2) is 5.58 Å². The molecule has 3 aromatic carbocycles. The van der Waals surface area contributed by atoms with Crippen molar-refractivity contribution in [1.29, 1.82) is 0 Å². The van der Waals surface area contributed by atoms with Crippen LogP contribution in [0, 0.1) is 5.82 Å². The Morgan fingerprint density at radius 2 is 1.85 bits per heavy atom. The Hall–Kier alpha value is -3.56. The molecule has 0 radical (unpaired) electrons. The lowest BCUT2D eigenvalue weighted by molar-refractivity contribution is -0.119. The Kier molecular flexibility index (Phi) is 5.43. The van der Waals surface area contributed by atoms with Gasteiger partial charge in [-0.3, -0.25) is 4.79 Å². The minimum absolute atomic E-state index is 0.0402. The zero-order chi connectivity index (χ0) is 23.0. The Morgan fingerprint density at radius 3 is 2.64 bits per heavy atom. The second-order valence-electron chi connectivity index (χ2n) is 7.78. The number of rotatable bonds is 5. The van der Waals surface area contributed by atoms with Gasteiger partial charge in [-0.25, -0.2) is 17.8 Å². The number of benzene rings is 3. The molecule has 1 unspecified atom stereocenters. The van der Waals surface area contributed by atoms with Crippen LogP contribution in [0.4, 0.5) is 10.1 Å². The molecule has 1 aromatic heterocycles. The predicted molar refractivity (Wildman–Crippen MR) is 121 cm³/mol. The summed E-state index contributed by atoms with van der Waals surface area (Å²) in [4.78, 5) is 17.5. The lowest BCUT2D eigenvalue weighted by atomic mass is 10.1. The molecule has 0 aliphatic carbocycles. The summed E-state index contributed by atoms with van der Waals surface area (Å²) in [7, 11) is -3.93. The minimum Gasteiger partial charge on any atom is -0.436 e. The SMILES string of the molecule is O=C(Nc1cccc(-c2nc3ccccc3o2)c1)C1CCCN1S(=O)(=O)c1ccc(F)cc1. The zero-order valence-electron chi connectivity index (χ0n) is 17.4. The fourth-order valence-electron chi connectivity index (χ4n) is 3.98. The van der Waals surface area contributed by atoms with Crippen molar-refractivity contribution in [2.24, 2.45) is 0 Å². The van der Waals surface area contributed by atoms with Gasteiger partial charge in [0.05, 0.1) is 4.90 Å². The Morgan fingerprint density at radius 1 is 1.06 bits per heavy atom. The molecule has 0 bridgehead atoms. The third-order valence-corrected chi connectivity index (χ3v) is 7.52. The van der Waals surface area contributed by atoms with E-state index in [4.69, 9.17) is 4.42 Å². The number of para-hydroxylation sites is 2. The van der Waals surface area contributed by atoms with Crippen molar-refractivity contribution in [3.05, 3.63) is 78.6 Å². The van der Waals surface area contributed by atoms with Crippen molar-refractivity contribution in [3.8, 4) is 11.5 Å². The third kappa shape index (κ3) is 4.12. The highest BCUT2D eigenvalue weighted by atomic mass is 32.2. The molecule has 1 aliphatic rings. The van der Waals surface area contributed by atoms with Crippen LogP contribution in [0.25, 0.3) is 22.6 Å². The van der Waals surface area contributed by atoms with E-state index in [1.54, 1.807) is 18.2 Å². The quantitative estimate of drug-likeness (QED) is 0.471. The molecule has 1 amide bonds. The topological polar surface area (TPSA) is 92.5 Å². The first-order chi connectivity index (χ1) is 15.9. The molecule has 2 heterocycles. The van der Waals surface area contributed by atoms with Crippen molar-refractivity contribution in [2.45, 2.75) is 23.8 Å². The number of oxazole rings is 1. The summed E-state index contributed by atoms with van der Waals surface area (Å²) < 4.78 is 46.3. The maximum Gasteiger partial charge on any atom is 0.243 e. The average molecular weight is 466 g/mol. The summed E-state index contributed by atoms with van der Waals surface area (Å²) in [5.74, 6) is -0.523. The molecule has 4 aromatic rings. The lowest BCUT2D eigenvalue weighted by Gasteiger charge is -2.23. The molecule has 0 saturated carbocycles. The van der Waals surface area contributed by atoms with Crippen LogP contribution in [0.3, 0.4) is 0 Å². The van der Waals surface area contributed by atoms with Crippen LogP contribution in [0.5, 0.6) is 0 Å². The molecule has 1 saturated heterocycles. The Bertz CT molecular complexity index is 1400. The molecule has 168 valence electrons. The van der Waals surface area contributed by atoms with Gasteiger partial charge in [0.25, 0.3) is 0 Å². The number of nitrogens with one attached hydrogen (secondary N) is 1. The number of amides is 1. The second-order valence-corrected chi connectivity index (χ2v) is 9.68. The van der Waals surface area contributed by atoms with Gasteiger partial charge in [0, 0.05) is 17.8 Å². The van der Waals surface area contributed by atoms with Crippen molar-refractivity contribution in [1.82, 2.24) is 9.29 Å². The fraction of sp³-hybridized carbons (Fsp3) is 0.167. The standard InChI is InChI=1S/C24H20FN3O4S/c25-17-10-12-19(13-11-17)33(30,31)28-14-4-8-21(28)23(29)26-18-6-3-5-16(15-18)24-27-20-7-1-2-9-22(20)32-24/h1-3,5-7,9-13,15,21H,4,8,14H2,(H,26,29). The first-order valence-corrected chi connectivity index (χ1v) is 11.9. The summed E-state index contributed by atoms with van der Waals surface area (Å²) in [6, 6.07) is 18.2. The third-order valence-electron chi connectivity index (χ3n) is 5.60. The fourth-order valence-corrected chi connectivity index (χ4v) is 5.64. The predicted octanol–water partition coefficient (Wildman–Crippen LogP) is 4.43. The number of nitrogens with zero attached hydrogens (tertiary/aromatic N) is 2. The first-order valence-electron chi connectivity index (χ1n) is 10.5. The van der Waals surface area contributed by atoms with Gasteiger partial charge in [0.1, 0.15) is 17.4 Å². The van der Waals surface area contributed by atoms with Crippen LogP contribution >= 0.6 is 0 Å². The second kappa shape index (κ2) is 8.42. The summed E-state index contributed by atoms with van der Waals surface area (Å²) in [5.41, 5.74) is 2.58. The van der Waals surface area contributed by atoms with E-state index in [1.807, 2.05) is 30.3 Å². The number of hydrogen-bond donors (Lipinski definition) is 1. The van der Waals surface area contributed by atoms with Crippen LogP contribution in [0.2, 0.25) is 0 Å². The van der Waals surface area contributed by atoms with Gasteiger partial charge in [0.2, 0.25) is 21.8 Å². The van der Waals surface area contributed by atoms with Crippen LogP contribution < -0.4 is 5.32 Å². The lowest BCUT2D eigenvalue weighted by Crippen LogP contribution is -2.43. The van der Waals surface area contributed by atoms with E-state index in [-0.39, 0.29) is 11.4 Å². The number of hydrogen-bond acceptors (Lipinski definition) is 5. The molecule has 1 N–H and O–H groups in total. The summed E-state index contributed by atoms with van der Waals surface area (Å²) >= 11 is 0. The molecule has 7 nitrogen and oxygen atoms in total. The average Bonchev–Trinajstić information content (AvgIpc) is 3.47. The molecule has 0 spiro atoms. The Balaban J connectivity index is 1.37. The van der Waals surface area contributed by atoms with E-state index in [0.29, 0.717) is 35.6 Å². The van der Waals surface area contributed by atoms with E-state index >= 15 is 0 Å². The van der Waals surface area contributed by atoms with E-state index in [0.717, 1.165) is 17.6 Å². The summed E-state index contributed by atoms with van der Waals surface area (Å²) in [5, 5.41) is 2.82. The van der Waals surface area contributed by atoms with Gasteiger partial charge in [-0.1, -0.05) is 18.2 Å². The van der Waals surface area contributed by atoms with Crippen molar-refractivity contribution >= 4 is 32.7 Å². The summed E-state index contributed by atoms with van der Waals surface area (Å²) in [6.07, 6.45) is 0.957. The maximum atomic E-state index is 13.2. The molecule has 1 aliphatic heterocycles. The highest BCUT2D eigenvalue weighted by Crippen LogP contribution is 2.29. The number of halogens is 1. The summed E-state index contributed by atoms with van der Waals surface area (Å²) in [6.45, 7) is 0.223. The van der Waals surface area contributed by atoms with Crippen molar-refractivity contribution in [3.63, 3.8) is 0 Å². The smallest absolute Gasteiger partial charge is 0.243 e. The molecular weight excluding hydrogens is 445 g/mol. The molecule has 5 rings (SSSR count). The van der Waals surface area contributed by atoms with Crippen LogP contribution in [0.1, 0.15) is 12.8 Å². The maximum absolute atomic E-state index is 13.2. The monoisotopic (exact) mass is 465 g/mol. The van der Waals surface area contributed by atoms with Gasteiger partial charge in [-0.2, -0.15) is 4.31 Å². The van der Waals surface area contributed by atoms with Gasteiger partial charge >= 0.3 is 0 Å². The zero-order valence-corrected chi connectivity index (χ0v) is 18.3. The van der Waals surface area contributed by atoms with Gasteiger partial charge in [-0.15, -0.1) is 0 Å². The van der Waals surface area contributed by atoms with E-state index in [9.17, 15) is 17.6 Å². The number of aromatic nitrogens is 1. The van der Waals surface area contributed by atoms with Crippen LogP contribution in [0.15, 0.2) is 82.1 Å². The van der Waals surface area contributed by atoms with Crippen molar-refractivity contribution in [2.75, 3.05) is 11.9 Å². The van der Waals surface area contributed by atoms with E-state index in [1.165, 1.54) is 16.4 Å². The Labute approximate surface area is 189 Å². The van der Waals surface area contributed by atoms with Gasteiger partial charge < -0.3 is 9.73 Å². The van der Waals surface area contributed by atoms with Gasteiger partial charge in [-0.05, 0) is 67.4 Å². The first kappa shape index (κ1) is 21.3. The highest BCUT2D eigenvalue weighted by Gasteiger charge is 2.39. The number of carbonyl (C=O) groups excluding carboxylic acids is 1. The molecule has 1 atom stereocenters. The van der Waals surface area contributed by atoms with Crippen LogP contribution in [-0.4, -0.2) is 36.2 Å². The number of sulfonamides is 1. The highest BCUT2D eigenvalue weighted by molar-refractivity contribution is 7.89. The largest absolute Gasteiger partial charge is 0.436 e.